The molecule has 0 aliphatic heterocycles. The summed E-state index contributed by atoms with van der Waals surface area (Å²) in [5, 5.41) is 12.1. The minimum absolute atomic E-state index is 0.296. The summed E-state index contributed by atoms with van der Waals surface area (Å²) >= 11 is 0. The van der Waals surface area contributed by atoms with Crippen molar-refractivity contribution in [2.75, 3.05) is 11.9 Å². The second kappa shape index (κ2) is 6.08. The van der Waals surface area contributed by atoms with Crippen LogP contribution in [-0.4, -0.2) is 32.3 Å². The number of carboxylic acid groups (broad SMARTS) is 1. The van der Waals surface area contributed by atoms with Gasteiger partial charge in [0.2, 0.25) is 5.88 Å². The molecular weight excluding hydrogens is 320 g/mol. The number of pyridine rings is 2. The van der Waals surface area contributed by atoms with Crippen LogP contribution < -0.4 is 10.1 Å². The lowest BCUT2D eigenvalue weighted by atomic mass is 10.1. The zero-order chi connectivity index (χ0) is 17.4. The number of anilines is 1. The van der Waals surface area contributed by atoms with Gasteiger partial charge in [-0.3, -0.25) is 5.32 Å². The largest absolute Gasteiger partial charge is 0.477 e. The number of rotatable bonds is 5. The Morgan fingerprint density at radius 3 is 2.96 bits per heavy atom. The minimum atomic E-state index is -1.13. The second-order valence-electron chi connectivity index (χ2n) is 6.26. The first-order valence-electron chi connectivity index (χ1n) is 8.16. The van der Waals surface area contributed by atoms with E-state index in [0.29, 0.717) is 29.9 Å². The van der Waals surface area contributed by atoms with Gasteiger partial charge in [-0.25, -0.2) is 14.8 Å². The van der Waals surface area contributed by atoms with Gasteiger partial charge >= 0.3 is 6.09 Å². The molecule has 0 unspecified atom stereocenters. The number of aromatic nitrogens is 3. The lowest BCUT2D eigenvalue weighted by molar-refractivity contribution is 0.209. The molecule has 0 radical (unpaired) electrons. The molecular formula is C18H18N4O3. The van der Waals surface area contributed by atoms with Gasteiger partial charge in [0.1, 0.15) is 11.5 Å². The summed E-state index contributed by atoms with van der Waals surface area (Å²) in [5.41, 5.74) is 2.57. The summed E-state index contributed by atoms with van der Waals surface area (Å²) in [6.07, 6.45) is 5.00. The van der Waals surface area contributed by atoms with E-state index in [4.69, 9.17) is 9.84 Å². The molecule has 7 heteroatoms. The Morgan fingerprint density at radius 1 is 1.36 bits per heavy atom. The highest BCUT2D eigenvalue weighted by Gasteiger charge is 2.23. The maximum Gasteiger partial charge on any atom is 0.410 e. The molecule has 0 spiro atoms. The Balaban J connectivity index is 1.75. The van der Waals surface area contributed by atoms with Gasteiger partial charge in [0, 0.05) is 36.0 Å². The predicted octanol–water partition coefficient (Wildman–Crippen LogP) is 3.51. The molecule has 0 bridgehead atoms. The van der Waals surface area contributed by atoms with Crippen LogP contribution in [-0.2, 0) is 7.05 Å². The number of hydrogen-bond donors (Lipinski definition) is 2. The summed E-state index contributed by atoms with van der Waals surface area (Å²) in [5.74, 6) is 1.56. The summed E-state index contributed by atoms with van der Waals surface area (Å²) < 4.78 is 7.79. The van der Waals surface area contributed by atoms with Crippen LogP contribution in [0.1, 0.15) is 12.8 Å². The van der Waals surface area contributed by atoms with E-state index in [0.717, 1.165) is 16.5 Å². The molecule has 0 saturated heterocycles. The predicted molar refractivity (Wildman–Crippen MR) is 93.8 cm³/mol. The molecule has 1 amide bonds. The van der Waals surface area contributed by atoms with E-state index in [1.807, 2.05) is 36.0 Å². The molecule has 1 aliphatic rings. The van der Waals surface area contributed by atoms with Gasteiger partial charge in [0.25, 0.3) is 0 Å². The molecule has 3 aromatic rings. The summed E-state index contributed by atoms with van der Waals surface area (Å²) in [4.78, 5) is 19.6. The van der Waals surface area contributed by atoms with E-state index in [-0.39, 0.29) is 0 Å². The summed E-state index contributed by atoms with van der Waals surface area (Å²) in [6.45, 7) is 0.694. The second-order valence-corrected chi connectivity index (χ2v) is 6.26. The Morgan fingerprint density at radius 2 is 2.20 bits per heavy atom. The van der Waals surface area contributed by atoms with Crippen molar-refractivity contribution in [3.8, 4) is 17.0 Å². The molecule has 1 saturated carbocycles. The van der Waals surface area contributed by atoms with Gasteiger partial charge in [0.05, 0.1) is 6.61 Å². The minimum Gasteiger partial charge on any atom is -0.477 e. The molecule has 0 atom stereocenters. The first-order valence-corrected chi connectivity index (χ1v) is 8.16. The molecule has 0 aromatic carbocycles. The van der Waals surface area contributed by atoms with Crippen molar-refractivity contribution in [1.82, 2.24) is 14.5 Å². The van der Waals surface area contributed by atoms with Crippen LogP contribution >= 0.6 is 0 Å². The van der Waals surface area contributed by atoms with E-state index in [9.17, 15) is 4.79 Å². The van der Waals surface area contributed by atoms with Crippen molar-refractivity contribution >= 4 is 22.9 Å². The van der Waals surface area contributed by atoms with Crippen molar-refractivity contribution in [3.63, 3.8) is 0 Å². The molecule has 128 valence electrons. The molecule has 3 aromatic heterocycles. The zero-order valence-electron chi connectivity index (χ0n) is 13.8. The molecule has 1 fully saturated rings. The molecule has 7 nitrogen and oxygen atoms in total. The van der Waals surface area contributed by atoms with Crippen LogP contribution in [0.5, 0.6) is 5.88 Å². The normalized spacial score (nSPS) is 13.8. The number of fused-ring (bicyclic) bond motifs is 1. The monoisotopic (exact) mass is 338 g/mol. The molecule has 2 N–H and O–H groups in total. The zero-order valence-corrected chi connectivity index (χ0v) is 13.8. The van der Waals surface area contributed by atoms with Crippen molar-refractivity contribution in [3.05, 3.63) is 36.7 Å². The van der Waals surface area contributed by atoms with E-state index in [2.05, 4.69) is 15.3 Å². The number of amides is 1. The average molecular weight is 338 g/mol. The van der Waals surface area contributed by atoms with Crippen molar-refractivity contribution < 1.29 is 14.6 Å². The van der Waals surface area contributed by atoms with Gasteiger partial charge in [0.15, 0.2) is 0 Å². The highest BCUT2D eigenvalue weighted by atomic mass is 16.5. The first kappa shape index (κ1) is 15.4. The standard InChI is InChI=1S/C18H18N4O3/c1-22-9-14(12-6-7-15(20-16(12)22)21-18(23)24)13-3-2-8-19-17(13)25-10-11-4-5-11/h2-3,6-9,11H,4-5,10H2,1H3,(H,20,21)(H,23,24). The van der Waals surface area contributed by atoms with Crippen LogP contribution in [0.15, 0.2) is 36.7 Å². The quantitative estimate of drug-likeness (QED) is 0.743. The van der Waals surface area contributed by atoms with Crippen molar-refractivity contribution in [1.29, 1.82) is 0 Å². The molecule has 3 heterocycles. The highest BCUT2D eigenvalue weighted by Crippen LogP contribution is 2.36. The fraction of sp³-hybridized carbons (Fsp3) is 0.278. The molecule has 25 heavy (non-hydrogen) atoms. The van der Waals surface area contributed by atoms with E-state index >= 15 is 0 Å². The third kappa shape index (κ3) is 3.13. The smallest absolute Gasteiger partial charge is 0.410 e. The number of carbonyl (C=O) groups is 1. The average Bonchev–Trinajstić information content (AvgIpc) is 3.37. The number of hydrogen-bond acceptors (Lipinski definition) is 4. The van der Waals surface area contributed by atoms with Gasteiger partial charge < -0.3 is 14.4 Å². The maximum absolute atomic E-state index is 10.8. The van der Waals surface area contributed by atoms with Crippen LogP contribution in [0.2, 0.25) is 0 Å². The van der Waals surface area contributed by atoms with Crippen LogP contribution in [0.25, 0.3) is 22.2 Å². The Hall–Kier alpha value is -3.09. The van der Waals surface area contributed by atoms with E-state index in [1.165, 1.54) is 12.8 Å². The summed E-state index contributed by atoms with van der Waals surface area (Å²) in [6, 6.07) is 7.38. The van der Waals surface area contributed by atoms with Crippen LogP contribution in [0, 0.1) is 5.92 Å². The maximum atomic E-state index is 10.8. The van der Waals surface area contributed by atoms with E-state index < -0.39 is 6.09 Å². The van der Waals surface area contributed by atoms with Gasteiger partial charge in [-0.1, -0.05) is 0 Å². The van der Waals surface area contributed by atoms with Gasteiger partial charge in [-0.05, 0) is 43.0 Å². The van der Waals surface area contributed by atoms with E-state index in [1.54, 1.807) is 12.3 Å². The Bertz CT molecular complexity index is 947. The lowest BCUT2D eigenvalue weighted by Crippen LogP contribution is -2.08. The topological polar surface area (TPSA) is 89.3 Å². The fourth-order valence-corrected chi connectivity index (χ4v) is 2.84. The Kier molecular flexibility index (Phi) is 3.76. The van der Waals surface area contributed by atoms with Crippen molar-refractivity contribution in [2.24, 2.45) is 13.0 Å². The molecule has 4 rings (SSSR count). The molecule has 1 aliphatic carbocycles. The summed E-state index contributed by atoms with van der Waals surface area (Å²) in [7, 11) is 1.88. The van der Waals surface area contributed by atoms with Gasteiger partial charge in [-0.15, -0.1) is 0 Å². The SMILES string of the molecule is Cn1cc(-c2cccnc2OCC2CC2)c2ccc(NC(=O)O)nc21. The number of aryl methyl sites for hydroxylation is 1. The van der Waals surface area contributed by atoms with Crippen LogP contribution in [0.4, 0.5) is 10.6 Å². The third-order valence-electron chi connectivity index (χ3n) is 4.27. The lowest BCUT2D eigenvalue weighted by Gasteiger charge is -2.09. The fourth-order valence-electron chi connectivity index (χ4n) is 2.84. The Labute approximate surface area is 144 Å². The first-order chi connectivity index (χ1) is 12.1. The highest BCUT2D eigenvalue weighted by molar-refractivity contribution is 5.96. The number of nitrogens with one attached hydrogen (secondary N) is 1. The number of ether oxygens (including phenoxy) is 1. The number of nitrogens with zero attached hydrogens (tertiary/aromatic N) is 3. The van der Waals surface area contributed by atoms with Crippen LogP contribution in [0.3, 0.4) is 0 Å². The van der Waals surface area contributed by atoms with Crippen molar-refractivity contribution in [2.45, 2.75) is 12.8 Å². The third-order valence-corrected chi connectivity index (χ3v) is 4.27. The van der Waals surface area contributed by atoms with Gasteiger partial charge in [-0.2, -0.15) is 0 Å².